The molecule has 0 aromatic heterocycles. The summed E-state index contributed by atoms with van der Waals surface area (Å²) in [7, 11) is 0. The molecule has 0 aromatic carbocycles. The maximum Gasteiger partial charge on any atom is 0.0586 e. The Bertz CT molecular complexity index is 165. The summed E-state index contributed by atoms with van der Waals surface area (Å²) in [5.41, 5.74) is 0. The van der Waals surface area contributed by atoms with Crippen LogP contribution >= 0.6 is 0 Å². The Labute approximate surface area is 80.9 Å². The van der Waals surface area contributed by atoms with E-state index in [0.29, 0.717) is 12.6 Å². The molecule has 76 valence electrons. The van der Waals surface area contributed by atoms with E-state index in [1.807, 2.05) is 0 Å². The van der Waals surface area contributed by atoms with Crippen molar-refractivity contribution in [2.24, 2.45) is 11.8 Å². The highest BCUT2D eigenvalue weighted by atomic mass is 16.3. The largest absolute Gasteiger partial charge is 0.395 e. The van der Waals surface area contributed by atoms with Gasteiger partial charge in [-0.3, -0.25) is 4.90 Å². The van der Waals surface area contributed by atoms with E-state index in [4.69, 9.17) is 5.11 Å². The van der Waals surface area contributed by atoms with Crippen molar-refractivity contribution in [3.05, 3.63) is 0 Å². The molecule has 1 atom stereocenters. The summed E-state index contributed by atoms with van der Waals surface area (Å²) in [6.07, 6.45) is 5.32. The first-order valence-corrected chi connectivity index (χ1v) is 5.64. The van der Waals surface area contributed by atoms with Crippen molar-refractivity contribution in [3.8, 4) is 0 Å². The number of aliphatic hydroxyl groups is 1. The van der Waals surface area contributed by atoms with Gasteiger partial charge in [0.1, 0.15) is 0 Å². The molecule has 2 nitrogen and oxygen atoms in total. The summed E-state index contributed by atoms with van der Waals surface area (Å²) in [5.74, 6) is 1.89. The van der Waals surface area contributed by atoms with E-state index >= 15 is 0 Å². The van der Waals surface area contributed by atoms with Crippen molar-refractivity contribution in [3.63, 3.8) is 0 Å². The molecule has 0 spiro atoms. The van der Waals surface area contributed by atoms with Crippen LogP contribution in [0.15, 0.2) is 0 Å². The molecule has 1 unspecified atom stereocenters. The molecule has 1 N–H and O–H groups in total. The first-order chi connectivity index (χ1) is 6.29. The van der Waals surface area contributed by atoms with Crippen molar-refractivity contribution in [1.29, 1.82) is 0 Å². The van der Waals surface area contributed by atoms with Gasteiger partial charge >= 0.3 is 0 Å². The van der Waals surface area contributed by atoms with Gasteiger partial charge in [-0.25, -0.2) is 0 Å². The van der Waals surface area contributed by atoms with Gasteiger partial charge in [-0.15, -0.1) is 0 Å². The molecule has 2 aliphatic rings. The quantitative estimate of drug-likeness (QED) is 0.716. The van der Waals surface area contributed by atoms with Crippen LogP contribution in [0.5, 0.6) is 0 Å². The molecule has 1 aliphatic carbocycles. The minimum atomic E-state index is 0.363. The number of hydrogen-bond donors (Lipinski definition) is 1. The molecular formula is C11H21NO. The molecule has 1 heterocycles. The van der Waals surface area contributed by atoms with E-state index in [2.05, 4.69) is 11.8 Å². The van der Waals surface area contributed by atoms with Crippen molar-refractivity contribution in [1.82, 2.24) is 4.90 Å². The highest BCUT2D eigenvalue weighted by molar-refractivity contribution is 4.84. The van der Waals surface area contributed by atoms with Crippen molar-refractivity contribution in [2.45, 2.75) is 38.6 Å². The van der Waals surface area contributed by atoms with E-state index in [0.717, 1.165) is 11.8 Å². The topological polar surface area (TPSA) is 23.5 Å². The molecule has 2 heteroatoms. The molecule has 13 heavy (non-hydrogen) atoms. The Morgan fingerprint density at radius 1 is 1.38 bits per heavy atom. The summed E-state index contributed by atoms with van der Waals surface area (Å²) >= 11 is 0. The van der Waals surface area contributed by atoms with E-state index in [9.17, 15) is 0 Å². The monoisotopic (exact) mass is 183 g/mol. The molecule has 0 amide bonds. The second kappa shape index (κ2) is 3.97. The zero-order chi connectivity index (χ0) is 9.26. The number of hydrogen-bond acceptors (Lipinski definition) is 2. The number of rotatable bonds is 3. The van der Waals surface area contributed by atoms with Gasteiger partial charge < -0.3 is 5.11 Å². The van der Waals surface area contributed by atoms with E-state index in [1.165, 1.54) is 38.8 Å². The number of aliphatic hydroxyl groups excluding tert-OH is 1. The van der Waals surface area contributed by atoms with Gasteiger partial charge in [-0.1, -0.05) is 6.92 Å². The average Bonchev–Trinajstić information content (AvgIpc) is 2.49. The molecule has 0 aromatic rings. The third-order valence-corrected chi connectivity index (χ3v) is 3.67. The second-order valence-corrected chi connectivity index (χ2v) is 4.92. The molecule has 2 fully saturated rings. The van der Waals surface area contributed by atoms with E-state index in [1.54, 1.807) is 0 Å². The normalized spacial score (nSPS) is 40.6. The SMILES string of the molecule is CC1CC(CN2CCCC2CO)C1. The zero-order valence-electron chi connectivity index (χ0n) is 8.58. The lowest BCUT2D eigenvalue weighted by Gasteiger charge is -2.37. The third-order valence-electron chi connectivity index (χ3n) is 3.67. The standard InChI is InChI=1S/C11H21NO/c1-9-5-10(6-9)7-12-4-2-3-11(12)8-13/h9-11,13H,2-8H2,1H3. The molecular weight excluding hydrogens is 162 g/mol. The van der Waals surface area contributed by atoms with Gasteiger partial charge in [0, 0.05) is 12.6 Å². The second-order valence-electron chi connectivity index (χ2n) is 4.92. The van der Waals surface area contributed by atoms with Crippen LogP contribution in [0.25, 0.3) is 0 Å². The lowest BCUT2D eigenvalue weighted by Crippen LogP contribution is -2.39. The fraction of sp³-hybridized carbons (Fsp3) is 1.00. The molecule has 0 bridgehead atoms. The summed E-state index contributed by atoms with van der Waals surface area (Å²) in [6.45, 7) is 5.16. The lowest BCUT2D eigenvalue weighted by molar-refractivity contribution is 0.0984. The molecule has 1 saturated carbocycles. The highest BCUT2D eigenvalue weighted by Gasteiger charge is 2.31. The Morgan fingerprint density at radius 3 is 2.77 bits per heavy atom. The first kappa shape index (κ1) is 9.47. The summed E-state index contributed by atoms with van der Waals surface area (Å²) < 4.78 is 0. The van der Waals surface area contributed by atoms with Gasteiger partial charge in [-0.05, 0) is 44.1 Å². The Kier molecular flexibility index (Phi) is 2.89. The zero-order valence-corrected chi connectivity index (χ0v) is 8.58. The minimum Gasteiger partial charge on any atom is -0.395 e. The summed E-state index contributed by atoms with van der Waals surface area (Å²) in [5, 5.41) is 9.15. The van der Waals surface area contributed by atoms with E-state index < -0.39 is 0 Å². The Balaban J connectivity index is 1.74. The van der Waals surface area contributed by atoms with Crippen LogP contribution in [-0.4, -0.2) is 35.7 Å². The molecule has 1 saturated heterocycles. The van der Waals surface area contributed by atoms with Crippen LogP contribution in [-0.2, 0) is 0 Å². The number of nitrogens with zero attached hydrogens (tertiary/aromatic N) is 1. The van der Waals surface area contributed by atoms with Gasteiger partial charge in [0.15, 0.2) is 0 Å². The predicted octanol–water partition coefficient (Wildman–Crippen LogP) is 1.49. The van der Waals surface area contributed by atoms with Gasteiger partial charge in [0.25, 0.3) is 0 Å². The van der Waals surface area contributed by atoms with Crippen molar-refractivity contribution in [2.75, 3.05) is 19.7 Å². The molecule has 2 rings (SSSR count). The fourth-order valence-electron chi connectivity index (χ4n) is 2.89. The van der Waals surface area contributed by atoms with Gasteiger partial charge in [0.2, 0.25) is 0 Å². The predicted molar refractivity (Wildman–Crippen MR) is 53.6 cm³/mol. The minimum absolute atomic E-state index is 0.363. The average molecular weight is 183 g/mol. The van der Waals surface area contributed by atoms with E-state index in [-0.39, 0.29) is 0 Å². The molecule has 1 aliphatic heterocycles. The van der Waals surface area contributed by atoms with Gasteiger partial charge in [0.05, 0.1) is 6.61 Å². The Morgan fingerprint density at radius 2 is 2.15 bits per heavy atom. The number of likely N-dealkylation sites (tertiary alicyclic amines) is 1. The van der Waals surface area contributed by atoms with Crippen molar-refractivity contribution >= 4 is 0 Å². The van der Waals surface area contributed by atoms with Crippen LogP contribution in [0, 0.1) is 11.8 Å². The van der Waals surface area contributed by atoms with Crippen LogP contribution in [0.3, 0.4) is 0 Å². The third kappa shape index (κ3) is 2.05. The Hall–Kier alpha value is -0.0800. The van der Waals surface area contributed by atoms with Crippen LogP contribution in [0.4, 0.5) is 0 Å². The van der Waals surface area contributed by atoms with Crippen molar-refractivity contribution < 1.29 is 5.11 Å². The first-order valence-electron chi connectivity index (χ1n) is 5.64. The lowest BCUT2D eigenvalue weighted by atomic mass is 9.76. The molecule has 0 radical (unpaired) electrons. The smallest absolute Gasteiger partial charge is 0.0586 e. The fourth-order valence-corrected chi connectivity index (χ4v) is 2.89. The van der Waals surface area contributed by atoms with Gasteiger partial charge in [-0.2, -0.15) is 0 Å². The maximum absolute atomic E-state index is 9.15. The summed E-state index contributed by atoms with van der Waals surface area (Å²) in [4.78, 5) is 2.50. The van der Waals surface area contributed by atoms with Crippen LogP contribution in [0.1, 0.15) is 32.6 Å². The summed E-state index contributed by atoms with van der Waals surface area (Å²) in [6, 6.07) is 0.482. The van der Waals surface area contributed by atoms with Crippen LogP contribution in [0.2, 0.25) is 0 Å². The maximum atomic E-state index is 9.15. The van der Waals surface area contributed by atoms with Crippen LogP contribution < -0.4 is 0 Å². The highest BCUT2D eigenvalue weighted by Crippen LogP contribution is 2.34.